The molecule has 2 saturated carbocycles. The average molecular weight is 1190 g/mol. The molecule has 6 rings (SSSR count). The van der Waals surface area contributed by atoms with Crippen molar-refractivity contribution in [2.75, 3.05) is 13.2 Å². The highest BCUT2D eigenvalue weighted by Gasteiger charge is 2.69. The molecule has 432 valence electrons. The first kappa shape index (κ1) is 65.6. The zero-order valence-corrected chi connectivity index (χ0v) is 51.1. The molecule has 0 amide bonds. The molecular weight excluding hydrogens is 1110 g/mol. The maximum absolute atomic E-state index is 14.0. The molecule has 2 aliphatic carbocycles. The number of aromatic nitrogens is 6. The first-order valence-electron chi connectivity index (χ1n) is 25.2. The molecule has 0 aliphatic heterocycles. The molecule has 4 aromatic rings. The van der Waals surface area contributed by atoms with E-state index in [1.807, 2.05) is 67.7 Å². The van der Waals surface area contributed by atoms with Crippen LogP contribution in [0, 0.1) is 10.8 Å². The van der Waals surface area contributed by atoms with Crippen molar-refractivity contribution in [3.05, 3.63) is 75.4 Å². The Balaban J connectivity index is 0.000000278. The van der Waals surface area contributed by atoms with Crippen molar-refractivity contribution in [3.63, 3.8) is 0 Å². The molecule has 4 heterocycles. The molecular formula is C52H75Cl3F6N6O8Si2. The summed E-state index contributed by atoms with van der Waals surface area (Å²) in [5.41, 5.74) is -4.42. The Morgan fingerprint density at radius 3 is 1.43 bits per heavy atom. The number of carbonyl (C=O) groups excluding carboxylic acids is 2. The smallest absolute Gasteiger partial charge is 0.396 e. The number of nitrogens with one attached hydrogen (secondary N) is 1. The van der Waals surface area contributed by atoms with Crippen LogP contribution >= 0.6 is 34.8 Å². The van der Waals surface area contributed by atoms with Gasteiger partial charge in [-0.15, -0.1) is 5.10 Å². The first-order chi connectivity index (χ1) is 34.9. The molecule has 0 saturated heterocycles. The van der Waals surface area contributed by atoms with Crippen LogP contribution in [-0.2, 0) is 18.3 Å². The zero-order chi connectivity index (χ0) is 58.6. The number of carbonyl (C=O) groups is 2. The lowest BCUT2D eigenvalue weighted by Gasteiger charge is -2.42. The van der Waals surface area contributed by atoms with Crippen LogP contribution in [0.3, 0.4) is 0 Å². The zero-order valence-electron chi connectivity index (χ0n) is 46.8. The maximum atomic E-state index is 14.0. The van der Waals surface area contributed by atoms with Crippen LogP contribution in [0.15, 0.2) is 48.8 Å². The Labute approximate surface area is 465 Å². The number of halogens is 9. The highest BCUT2D eigenvalue weighted by atomic mass is 35.5. The number of hydrogen-bond acceptors (Lipinski definition) is 12. The molecule has 2 atom stereocenters. The maximum Gasteiger partial charge on any atom is 0.396 e. The van der Waals surface area contributed by atoms with Gasteiger partial charge >= 0.3 is 24.3 Å². The number of aromatic amines is 1. The molecule has 4 aromatic heterocycles. The second kappa shape index (κ2) is 24.4. The van der Waals surface area contributed by atoms with Gasteiger partial charge in [0.25, 0.3) is 0 Å². The van der Waals surface area contributed by atoms with Crippen LogP contribution < -0.4 is 9.47 Å². The summed E-state index contributed by atoms with van der Waals surface area (Å²) in [7, 11) is -4.76. The second-order valence-electron chi connectivity index (χ2n) is 24.3. The molecule has 2 fully saturated rings. The Kier molecular flexibility index (Phi) is 20.8. The van der Waals surface area contributed by atoms with Crippen molar-refractivity contribution in [1.82, 2.24) is 29.9 Å². The summed E-state index contributed by atoms with van der Waals surface area (Å²) in [5.74, 6) is -0.0743. The van der Waals surface area contributed by atoms with Gasteiger partial charge in [0.2, 0.25) is 11.8 Å². The van der Waals surface area contributed by atoms with Gasteiger partial charge in [-0.1, -0.05) is 76.3 Å². The van der Waals surface area contributed by atoms with Gasteiger partial charge in [-0.05, 0) is 128 Å². The number of H-pyrrole nitrogens is 1. The summed E-state index contributed by atoms with van der Waals surface area (Å²) >= 11 is 17.6. The Hall–Kier alpha value is -3.94. The van der Waals surface area contributed by atoms with Crippen LogP contribution in [0.4, 0.5) is 26.3 Å². The van der Waals surface area contributed by atoms with E-state index in [0.29, 0.717) is 11.7 Å². The van der Waals surface area contributed by atoms with E-state index in [9.17, 15) is 35.9 Å². The number of rotatable bonds is 17. The van der Waals surface area contributed by atoms with Gasteiger partial charge in [-0.2, -0.15) is 31.4 Å². The predicted octanol–water partition coefficient (Wildman–Crippen LogP) is 15.6. The normalized spacial score (nSPS) is 16.4. The minimum Gasteiger partial charge on any atom is -0.478 e. The molecule has 77 heavy (non-hydrogen) atoms. The van der Waals surface area contributed by atoms with Crippen LogP contribution in [0.2, 0.25) is 51.7 Å². The fourth-order valence-electron chi connectivity index (χ4n) is 7.12. The SMILES string of the molecule is CC(C)(C)OC(=O)c1ccc(-n2ccc(OCCC(O[Si](C)(C)C(C)(C)C)C3(C(F)(F)F)CC3)n2)nc1Cl.CC(C)(C)OC(=O)c1ccc(Cl)nc1Cl.CC(C)(C)[Si](C)(C)OC(CCOc1ccn[nH]1)C1(C(F)(F)F)CC1. The molecule has 2 unspecified atom stereocenters. The van der Waals surface area contributed by atoms with Crippen molar-refractivity contribution < 1.29 is 63.7 Å². The lowest BCUT2D eigenvalue weighted by atomic mass is 9.96. The van der Waals surface area contributed by atoms with Gasteiger partial charge in [-0.25, -0.2) is 29.3 Å². The standard InChI is InChI=1S/C26H37ClF3N3O4Si.C16H27F3N2O2Si.C10H11Cl2NO2/c1-23(2,3)36-22(34)17-9-10-19(31-21(17)27)33-15-11-20(32-33)35-16-12-18(25(13-14-25)26(28,29)30)37-38(7,8)24(4,5)6;1-14(2,3)24(4,5)23-12(15(8-9-15)16(17,18)19)7-11-22-13-6-10-20-21-13;1-10(2,3)15-9(14)6-4-5-7(11)13-8(6)12/h9-11,15,18H,12-14,16H2,1-8H3;6,10,12H,7-9,11H2,1-5H3,(H,20,21);4-5H,1-3H3. The Bertz CT molecular complexity index is 2600. The molecule has 0 bridgehead atoms. The summed E-state index contributed by atoms with van der Waals surface area (Å²) < 4.78 is 118. The third-order valence-electron chi connectivity index (χ3n) is 13.9. The topological polar surface area (TPSA) is 162 Å². The van der Waals surface area contributed by atoms with E-state index < -0.39 is 75.2 Å². The number of esters is 2. The largest absolute Gasteiger partial charge is 0.478 e. The second-order valence-corrected chi connectivity index (χ2v) is 34.9. The van der Waals surface area contributed by atoms with E-state index in [2.05, 4.69) is 25.3 Å². The first-order valence-corrected chi connectivity index (χ1v) is 32.1. The van der Waals surface area contributed by atoms with E-state index in [1.54, 1.807) is 65.9 Å². The fraction of sp³-hybridized carbons (Fsp3) is 0.654. The summed E-state index contributed by atoms with van der Waals surface area (Å²) in [6.07, 6.45) is -6.58. The fourth-order valence-corrected chi connectivity index (χ4v) is 10.6. The number of ether oxygens (including phenoxy) is 4. The van der Waals surface area contributed by atoms with E-state index in [4.69, 9.17) is 62.6 Å². The third kappa shape index (κ3) is 18.0. The van der Waals surface area contributed by atoms with E-state index in [0.717, 1.165) is 0 Å². The number of nitrogens with zero attached hydrogens (tertiary/aromatic N) is 5. The minimum atomic E-state index is -4.34. The molecule has 0 aromatic carbocycles. The summed E-state index contributed by atoms with van der Waals surface area (Å²) in [6.45, 7) is 30.8. The van der Waals surface area contributed by atoms with Crippen LogP contribution in [0.25, 0.3) is 5.82 Å². The molecule has 25 heteroatoms. The van der Waals surface area contributed by atoms with Crippen LogP contribution in [0.1, 0.15) is 142 Å². The molecule has 0 radical (unpaired) electrons. The van der Waals surface area contributed by atoms with Crippen molar-refractivity contribution in [1.29, 1.82) is 0 Å². The number of pyridine rings is 2. The quantitative estimate of drug-likeness (QED) is 0.0462. The van der Waals surface area contributed by atoms with E-state index in [1.165, 1.54) is 29.1 Å². The minimum absolute atomic E-state index is 0.0138. The van der Waals surface area contributed by atoms with Gasteiger partial charge in [0, 0.05) is 31.2 Å². The van der Waals surface area contributed by atoms with Crippen molar-refractivity contribution in [3.8, 4) is 17.6 Å². The Morgan fingerprint density at radius 2 is 1.06 bits per heavy atom. The predicted molar refractivity (Wildman–Crippen MR) is 289 cm³/mol. The average Bonchev–Trinajstić information content (AvgIpc) is 4.15. The third-order valence-corrected chi connectivity index (χ3v) is 23.6. The molecule has 14 nitrogen and oxygen atoms in total. The van der Waals surface area contributed by atoms with Crippen molar-refractivity contribution >= 4 is 63.4 Å². The van der Waals surface area contributed by atoms with Gasteiger partial charge in [-0.3, -0.25) is 0 Å². The molecule has 1 N–H and O–H groups in total. The van der Waals surface area contributed by atoms with Gasteiger partial charge < -0.3 is 27.8 Å². The monoisotopic (exact) mass is 1190 g/mol. The summed E-state index contributed by atoms with van der Waals surface area (Å²) in [4.78, 5) is 31.9. The summed E-state index contributed by atoms with van der Waals surface area (Å²) in [5, 5.41) is 10.6. The molecule has 2 aliphatic rings. The van der Waals surface area contributed by atoms with Crippen molar-refractivity contribution in [2.45, 2.75) is 194 Å². The lowest BCUT2D eigenvalue weighted by Crippen LogP contribution is -2.49. The lowest BCUT2D eigenvalue weighted by molar-refractivity contribution is -0.214. The summed E-state index contributed by atoms with van der Waals surface area (Å²) in [6, 6.07) is 9.26. The van der Waals surface area contributed by atoms with Gasteiger partial charge in [0.15, 0.2) is 22.5 Å². The van der Waals surface area contributed by atoms with Gasteiger partial charge in [0.1, 0.15) is 26.7 Å². The van der Waals surface area contributed by atoms with E-state index in [-0.39, 0.29) is 94.3 Å². The van der Waals surface area contributed by atoms with Crippen LogP contribution in [-0.4, -0.2) is 107 Å². The number of hydrogen-bond donors (Lipinski definition) is 1. The van der Waals surface area contributed by atoms with E-state index >= 15 is 0 Å². The van der Waals surface area contributed by atoms with Gasteiger partial charge in [0.05, 0.1) is 53.6 Å². The molecule has 0 spiro atoms. The highest BCUT2D eigenvalue weighted by molar-refractivity contribution is 6.74. The van der Waals surface area contributed by atoms with Crippen molar-refractivity contribution in [2.24, 2.45) is 10.8 Å². The van der Waals surface area contributed by atoms with Crippen LogP contribution in [0.5, 0.6) is 11.8 Å². The Morgan fingerprint density at radius 1 is 0.636 bits per heavy atom. The highest BCUT2D eigenvalue weighted by Crippen LogP contribution is 2.63. The number of alkyl halides is 6.